The number of fused-ring (bicyclic) bond motifs is 3. The fourth-order valence-electron chi connectivity index (χ4n) is 4.64. The van der Waals surface area contributed by atoms with Gasteiger partial charge in [0.1, 0.15) is 0 Å². The third kappa shape index (κ3) is 4.93. The minimum absolute atomic E-state index is 0.229. The lowest BCUT2D eigenvalue weighted by atomic mass is 9.78. The van der Waals surface area contributed by atoms with Crippen molar-refractivity contribution in [3.8, 4) is 0 Å². The van der Waals surface area contributed by atoms with Crippen molar-refractivity contribution < 1.29 is 4.79 Å². The van der Waals surface area contributed by atoms with Gasteiger partial charge < -0.3 is 0 Å². The normalized spacial score (nSPS) is 16.4. The summed E-state index contributed by atoms with van der Waals surface area (Å²) in [7, 11) is 0. The molecule has 1 unspecified atom stereocenters. The molecule has 1 aliphatic carbocycles. The number of benzene rings is 2. The summed E-state index contributed by atoms with van der Waals surface area (Å²) < 4.78 is 0. The Hall–Kier alpha value is -1.89. The average Bonchev–Trinajstić information content (AvgIpc) is 2.69. The molecule has 0 aromatic heterocycles. The summed E-state index contributed by atoms with van der Waals surface area (Å²) in [5.41, 5.74) is 4.87. The maximum absolute atomic E-state index is 13.3. The van der Waals surface area contributed by atoms with E-state index in [1.165, 1.54) is 72.4 Å². The number of rotatable bonds is 10. The van der Waals surface area contributed by atoms with E-state index < -0.39 is 0 Å². The van der Waals surface area contributed by atoms with Gasteiger partial charge in [0.2, 0.25) is 0 Å². The maximum Gasteiger partial charge on any atom is 0.166 e. The van der Waals surface area contributed by atoms with Crippen molar-refractivity contribution in [1.82, 2.24) is 0 Å². The van der Waals surface area contributed by atoms with Crippen molar-refractivity contribution in [3.63, 3.8) is 0 Å². The van der Waals surface area contributed by atoms with Crippen molar-refractivity contribution in [1.29, 1.82) is 0 Å². The second-order valence-electron chi connectivity index (χ2n) is 8.70. The predicted octanol–water partition coefficient (Wildman–Crippen LogP) is 7.90. The third-order valence-corrected chi connectivity index (χ3v) is 6.56. The zero-order chi connectivity index (χ0) is 19.9. The maximum atomic E-state index is 13.3. The number of hydrogen-bond acceptors (Lipinski definition) is 1. The van der Waals surface area contributed by atoms with Crippen LogP contribution in [-0.2, 0) is 6.42 Å². The lowest BCUT2D eigenvalue weighted by Crippen LogP contribution is -2.23. The average molecular weight is 377 g/mol. The van der Waals surface area contributed by atoms with Gasteiger partial charge in [0, 0.05) is 11.5 Å². The van der Waals surface area contributed by atoms with E-state index in [1.807, 2.05) is 6.08 Å². The Morgan fingerprint density at radius 3 is 2.39 bits per heavy atom. The Bertz CT molecular complexity index is 830. The summed E-state index contributed by atoms with van der Waals surface area (Å²) in [5, 5.41) is 2.39. The van der Waals surface area contributed by atoms with Crippen LogP contribution in [0.25, 0.3) is 10.8 Å². The van der Waals surface area contributed by atoms with Gasteiger partial charge in [-0.05, 0) is 73.4 Å². The molecule has 1 heteroatoms. The SMILES string of the molecule is C=CCCCCCCCCCC1CCc2ccc3cc(C)c(C)cc3c2C1=O. The van der Waals surface area contributed by atoms with Gasteiger partial charge in [0.25, 0.3) is 0 Å². The molecular weight excluding hydrogens is 340 g/mol. The highest BCUT2D eigenvalue weighted by atomic mass is 16.1. The van der Waals surface area contributed by atoms with Crippen molar-refractivity contribution in [2.45, 2.75) is 84.5 Å². The number of ketones is 1. The molecule has 0 radical (unpaired) electrons. The van der Waals surface area contributed by atoms with Gasteiger partial charge in [0.05, 0.1) is 0 Å². The first-order valence-electron chi connectivity index (χ1n) is 11.3. The van der Waals surface area contributed by atoms with Crippen LogP contribution >= 0.6 is 0 Å². The van der Waals surface area contributed by atoms with E-state index in [9.17, 15) is 4.79 Å². The van der Waals surface area contributed by atoms with Crippen molar-refractivity contribution in [3.05, 3.63) is 59.2 Å². The van der Waals surface area contributed by atoms with Crippen LogP contribution in [0.2, 0.25) is 0 Å². The monoisotopic (exact) mass is 376 g/mol. The van der Waals surface area contributed by atoms with Crippen molar-refractivity contribution in [2.75, 3.05) is 0 Å². The number of Topliss-reactive ketones (excluding diaryl/α,β-unsaturated/α-hetero) is 1. The van der Waals surface area contributed by atoms with Gasteiger partial charge in [-0.15, -0.1) is 6.58 Å². The fourth-order valence-corrected chi connectivity index (χ4v) is 4.64. The molecule has 0 saturated heterocycles. The summed E-state index contributed by atoms with van der Waals surface area (Å²) in [5.74, 6) is 0.631. The van der Waals surface area contributed by atoms with E-state index in [0.29, 0.717) is 5.78 Å². The number of carbonyl (C=O) groups excluding carboxylic acids is 1. The zero-order valence-corrected chi connectivity index (χ0v) is 17.9. The fraction of sp³-hybridized carbons (Fsp3) is 0.519. The van der Waals surface area contributed by atoms with E-state index in [2.05, 4.69) is 44.7 Å². The molecule has 2 aromatic carbocycles. The molecule has 0 fully saturated rings. The number of allylic oxidation sites excluding steroid dienone is 1. The van der Waals surface area contributed by atoms with E-state index in [1.54, 1.807) is 0 Å². The first-order valence-corrected chi connectivity index (χ1v) is 11.3. The molecule has 0 N–H and O–H groups in total. The summed E-state index contributed by atoms with van der Waals surface area (Å²) in [4.78, 5) is 13.3. The molecule has 1 aliphatic rings. The van der Waals surface area contributed by atoms with Crippen LogP contribution < -0.4 is 0 Å². The second-order valence-corrected chi connectivity index (χ2v) is 8.70. The standard InChI is InChI=1S/C27H36O/c1-4-5-6-7-8-9-10-11-12-13-23-16-14-22-15-17-24-18-20(2)21(3)19-25(24)26(22)27(23)28/h4,15,17-19,23H,1,5-14,16H2,2-3H3. The Labute approximate surface area is 171 Å². The number of hydrogen-bond donors (Lipinski definition) is 0. The van der Waals surface area contributed by atoms with E-state index in [0.717, 1.165) is 31.2 Å². The molecular formula is C27H36O. The minimum atomic E-state index is 0.229. The quantitative estimate of drug-likeness (QED) is 0.304. The smallest absolute Gasteiger partial charge is 0.166 e. The molecule has 1 atom stereocenters. The molecule has 0 aliphatic heterocycles. The summed E-state index contributed by atoms with van der Waals surface area (Å²) in [6.07, 6.45) is 15.4. The van der Waals surface area contributed by atoms with Gasteiger partial charge in [-0.1, -0.05) is 68.9 Å². The number of carbonyl (C=O) groups is 1. The van der Waals surface area contributed by atoms with Crippen LogP contribution in [0.1, 0.15) is 91.3 Å². The number of aryl methyl sites for hydroxylation is 3. The third-order valence-electron chi connectivity index (χ3n) is 6.56. The Morgan fingerprint density at radius 2 is 1.64 bits per heavy atom. The highest BCUT2D eigenvalue weighted by Gasteiger charge is 2.28. The molecule has 0 heterocycles. The second kappa shape index (κ2) is 10.0. The highest BCUT2D eigenvalue weighted by molar-refractivity contribution is 6.11. The van der Waals surface area contributed by atoms with Gasteiger partial charge >= 0.3 is 0 Å². The van der Waals surface area contributed by atoms with Gasteiger partial charge in [0.15, 0.2) is 5.78 Å². The minimum Gasteiger partial charge on any atom is -0.294 e. The molecule has 0 saturated carbocycles. The predicted molar refractivity (Wildman–Crippen MR) is 121 cm³/mol. The Kier molecular flexibility index (Phi) is 7.48. The molecule has 3 rings (SSSR count). The molecule has 0 spiro atoms. The first kappa shape index (κ1) is 20.8. The van der Waals surface area contributed by atoms with Gasteiger partial charge in [-0.2, -0.15) is 0 Å². The summed E-state index contributed by atoms with van der Waals surface area (Å²) >= 11 is 0. The Morgan fingerprint density at radius 1 is 0.964 bits per heavy atom. The van der Waals surface area contributed by atoms with E-state index in [-0.39, 0.29) is 5.92 Å². The summed E-state index contributed by atoms with van der Waals surface area (Å²) in [6.45, 7) is 8.08. The van der Waals surface area contributed by atoms with Crippen molar-refractivity contribution >= 4 is 16.6 Å². The van der Waals surface area contributed by atoms with E-state index >= 15 is 0 Å². The van der Waals surface area contributed by atoms with Crippen LogP contribution in [0.4, 0.5) is 0 Å². The van der Waals surface area contributed by atoms with Crippen LogP contribution in [0.15, 0.2) is 36.9 Å². The number of unbranched alkanes of at least 4 members (excludes halogenated alkanes) is 7. The zero-order valence-electron chi connectivity index (χ0n) is 17.9. The topological polar surface area (TPSA) is 17.1 Å². The first-order chi connectivity index (χ1) is 13.6. The van der Waals surface area contributed by atoms with E-state index in [4.69, 9.17) is 0 Å². The molecule has 1 nitrogen and oxygen atoms in total. The molecule has 2 aromatic rings. The van der Waals surface area contributed by atoms with Crippen molar-refractivity contribution in [2.24, 2.45) is 5.92 Å². The molecule has 0 bridgehead atoms. The van der Waals surface area contributed by atoms with Gasteiger partial charge in [-0.3, -0.25) is 4.79 Å². The van der Waals surface area contributed by atoms with Crippen LogP contribution in [-0.4, -0.2) is 5.78 Å². The largest absolute Gasteiger partial charge is 0.294 e. The van der Waals surface area contributed by atoms with Gasteiger partial charge in [-0.25, -0.2) is 0 Å². The lowest BCUT2D eigenvalue weighted by Gasteiger charge is -2.25. The molecule has 0 amide bonds. The Balaban J connectivity index is 1.55. The molecule has 150 valence electrons. The highest BCUT2D eigenvalue weighted by Crippen LogP contribution is 2.35. The summed E-state index contributed by atoms with van der Waals surface area (Å²) in [6, 6.07) is 8.85. The van der Waals surface area contributed by atoms with Crippen LogP contribution in [0, 0.1) is 19.8 Å². The van der Waals surface area contributed by atoms with Crippen LogP contribution in [0.5, 0.6) is 0 Å². The van der Waals surface area contributed by atoms with Crippen LogP contribution in [0.3, 0.4) is 0 Å². The molecule has 28 heavy (non-hydrogen) atoms. The lowest BCUT2D eigenvalue weighted by molar-refractivity contribution is 0.0894.